The zero-order valence-corrected chi connectivity index (χ0v) is 17.6. The Bertz CT molecular complexity index is 1030. The average molecular weight is 420 g/mol. The Labute approximate surface area is 182 Å². The molecule has 1 aliphatic rings. The molecule has 0 amide bonds. The van der Waals surface area contributed by atoms with Crippen LogP contribution < -0.4 is 4.74 Å². The van der Waals surface area contributed by atoms with Gasteiger partial charge in [0.25, 0.3) is 0 Å². The molecule has 1 fully saturated rings. The zero-order valence-electron chi connectivity index (χ0n) is 17.6. The topological polar surface area (TPSA) is 18.5 Å². The maximum Gasteiger partial charge on any atom is 0.201 e. The first-order valence-corrected chi connectivity index (χ1v) is 10.7. The van der Waals surface area contributed by atoms with E-state index in [-0.39, 0.29) is 24.0 Å². The highest BCUT2D eigenvalue weighted by Crippen LogP contribution is 2.33. The van der Waals surface area contributed by atoms with Crippen molar-refractivity contribution < 1.29 is 18.3 Å². The second kappa shape index (κ2) is 9.44. The van der Waals surface area contributed by atoms with Crippen molar-refractivity contribution in [2.24, 2.45) is 0 Å². The van der Waals surface area contributed by atoms with Crippen LogP contribution in [0.15, 0.2) is 73.3 Å². The highest BCUT2D eigenvalue weighted by molar-refractivity contribution is 5.71. The number of hydrogen-bond acceptors (Lipinski definition) is 2. The molecule has 0 N–H and O–H groups in total. The van der Waals surface area contributed by atoms with Gasteiger partial charge in [0.1, 0.15) is 0 Å². The van der Waals surface area contributed by atoms with E-state index in [1.54, 1.807) is 13.0 Å². The lowest BCUT2D eigenvalue weighted by Gasteiger charge is -2.27. The first-order chi connectivity index (χ1) is 15.1. The minimum absolute atomic E-state index is 0.0659. The molecule has 4 rings (SSSR count). The van der Waals surface area contributed by atoms with E-state index < -0.39 is 11.6 Å². The van der Waals surface area contributed by atoms with Crippen LogP contribution in [0.5, 0.6) is 5.75 Å². The largest absolute Gasteiger partial charge is 0.491 e. The molecule has 1 saturated heterocycles. The van der Waals surface area contributed by atoms with E-state index >= 15 is 0 Å². The number of rotatable bonds is 6. The molecule has 0 saturated carbocycles. The molecular formula is C27H26F2O2. The minimum atomic E-state index is -0.954. The molecule has 0 aliphatic carbocycles. The van der Waals surface area contributed by atoms with Gasteiger partial charge in [-0.05, 0) is 54.2 Å². The van der Waals surface area contributed by atoms with Crippen molar-refractivity contribution in [1.82, 2.24) is 0 Å². The van der Waals surface area contributed by atoms with Crippen molar-refractivity contribution in [3.63, 3.8) is 0 Å². The number of ether oxygens (including phenoxy) is 2. The summed E-state index contributed by atoms with van der Waals surface area (Å²) in [4.78, 5) is 0. The normalized spacial score (nSPS) is 18.5. The number of hydrogen-bond donors (Lipinski definition) is 0. The summed E-state index contributed by atoms with van der Waals surface area (Å²) in [5, 5.41) is 0. The molecule has 4 heteroatoms. The standard InChI is InChI=1S/C27H26F2O2/c1-3-23-14-13-22(17-31-23)20-7-5-18(6-8-20)19-9-11-21(12-10-19)24-15-16-25(30-4-2)27(29)26(24)28/h3,5-12,15-16,22-23H,1,4,13-14,17H2,2H3. The maximum absolute atomic E-state index is 14.5. The molecule has 0 radical (unpaired) electrons. The third kappa shape index (κ3) is 4.54. The third-order valence-electron chi connectivity index (χ3n) is 5.83. The van der Waals surface area contributed by atoms with Gasteiger partial charge < -0.3 is 9.47 Å². The summed E-state index contributed by atoms with van der Waals surface area (Å²) in [6.07, 6.45) is 4.13. The smallest absolute Gasteiger partial charge is 0.201 e. The molecule has 1 heterocycles. The Morgan fingerprint density at radius 1 is 0.903 bits per heavy atom. The minimum Gasteiger partial charge on any atom is -0.491 e. The van der Waals surface area contributed by atoms with Crippen molar-refractivity contribution in [3.05, 3.63) is 90.5 Å². The Balaban J connectivity index is 1.50. The van der Waals surface area contributed by atoms with Crippen molar-refractivity contribution in [2.75, 3.05) is 13.2 Å². The summed E-state index contributed by atoms with van der Waals surface area (Å²) in [5.41, 5.74) is 4.21. The van der Waals surface area contributed by atoms with Gasteiger partial charge in [-0.3, -0.25) is 0 Å². The fourth-order valence-electron chi connectivity index (χ4n) is 4.03. The van der Waals surface area contributed by atoms with Gasteiger partial charge in [0, 0.05) is 11.5 Å². The van der Waals surface area contributed by atoms with E-state index in [0.717, 1.165) is 30.6 Å². The lowest BCUT2D eigenvalue weighted by molar-refractivity contribution is 0.0329. The van der Waals surface area contributed by atoms with Gasteiger partial charge in [-0.25, -0.2) is 4.39 Å². The maximum atomic E-state index is 14.5. The average Bonchev–Trinajstić information content (AvgIpc) is 2.83. The van der Waals surface area contributed by atoms with Gasteiger partial charge in [0.15, 0.2) is 11.6 Å². The molecule has 160 valence electrons. The highest BCUT2D eigenvalue weighted by Gasteiger charge is 2.21. The molecule has 31 heavy (non-hydrogen) atoms. The first-order valence-electron chi connectivity index (χ1n) is 10.7. The first kappa shape index (κ1) is 21.3. The predicted molar refractivity (Wildman–Crippen MR) is 120 cm³/mol. The van der Waals surface area contributed by atoms with E-state index in [4.69, 9.17) is 9.47 Å². The molecule has 0 bridgehead atoms. The predicted octanol–water partition coefficient (Wildman–Crippen LogP) is 7.15. The lowest BCUT2D eigenvalue weighted by atomic mass is 9.90. The summed E-state index contributed by atoms with van der Waals surface area (Å²) in [7, 11) is 0. The molecule has 1 aliphatic heterocycles. The third-order valence-corrected chi connectivity index (χ3v) is 5.83. The van der Waals surface area contributed by atoms with E-state index in [1.807, 2.05) is 30.3 Å². The van der Waals surface area contributed by atoms with Crippen LogP contribution in [0.3, 0.4) is 0 Å². The van der Waals surface area contributed by atoms with Crippen molar-refractivity contribution >= 4 is 0 Å². The van der Waals surface area contributed by atoms with Crippen LogP contribution >= 0.6 is 0 Å². The second-order valence-electron chi connectivity index (χ2n) is 7.75. The van der Waals surface area contributed by atoms with E-state index in [9.17, 15) is 8.78 Å². The Morgan fingerprint density at radius 2 is 1.55 bits per heavy atom. The van der Waals surface area contributed by atoms with Crippen molar-refractivity contribution in [3.8, 4) is 28.0 Å². The molecule has 2 unspecified atom stereocenters. The summed E-state index contributed by atoms with van der Waals surface area (Å²) < 4.78 is 39.6. The summed E-state index contributed by atoms with van der Waals surface area (Å²) >= 11 is 0. The summed E-state index contributed by atoms with van der Waals surface area (Å²) in [6.45, 7) is 6.54. The molecule has 0 spiro atoms. The van der Waals surface area contributed by atoms with Crippen LogP contribution in [-0.2, 0) is 4.74 Å². The van der Waals surface area contributed by atoms with E-state index in [0.29, 0.717) is 11.5 Å². The van der Waals surface area contributed by atoms with Crippen LogP contribution in [0.4, 0.5) is 8.78 Å². The molecular weight excluding hydrogens is 394 g/mol. The summed E-state index contributed by atoms with van der Waals surface area (Å²) in [5.74, 6) is -1.50. The molecule has 2 nitrogen and oxygen atoms in total. The Morgan fingerprint density at radius 3 is 2.13 bits per heavy atom. The SMILES string of the molecule is C=CC1CCC(c2ccc(-c3ccc(-c4ccc(OCC)c(F)c4F)cc3)cc2)CO1. The molecule has 3 aromatic rings. The van der Waals surface area contributed by atoms with Crippen LogP contribution in [0, 0.1) is 11.6 Å². The van der Waals surface area contributed by atoms with Gasteiger partial charge >= 0.3 is 0 Å². The quantitative estimate of drug-likeness (QED) is 0.394. The van der Waals surface area contributed by atoms with Gasteiger partial charge in [-0.1, -0.05) is 54.6 Å². The van der Waals surface area contributed by atoms with E-state index in [2.05, 4.69) is 30.8 Å². The fourth-order valence-corrected chi connectivity index (χ4v) is 4.03. The van der Waals surface area contributed by atoms with Gasteiger partial charge in [-0.15, -0.1) is 6.58 Å². The van der Waals surface area contributed by atoms with Gasteiger partial charge in [0.2, 0.25) is 5.82 Å². The van der Waals surface area contributed by atoms with Crippen LogP contribution in [-0.4, -0.2) is 19.3 Å². The van der Waals surface area contributed by atoms with E-state index in [1.165, 1.54) is 11.6 Å². The van der Waals surface area contributed by atoms with Gasteiger partial charge in [-0.2, -0.15) is 4.39 Å². The molecule has 0 aromatic heterocycles. The van der Waals surface area contributed by atoms with Crippen molar-refractivity contribution in [1.29, 1.82) is 0 Å². The monoisotopic (exact) mass is 420 g/mol. The zero-order chi connectivity index (χ0) is 21.8. The Kier molecular flexibility index (Phi) is 6.47. The van der Waals surface area contributed by atoms with Crippen molar-refractivity contribution in [2.45, 2.75) is 31.8 Å². The molecule has 2 atom stereocenters. The summed E-state index contributed by atoms with van der Waals surface area (Å²) in [6, 6.07) is 19.0. The molecule has 3 aromatic carbocycles. The van der Waals surface area contributed by atoms with Crippen LogP contribution in [0.25, 0.3) is 22.3 Å². The van der Waals surface area contributed by atoms with Crippen LogP contribution in [0.2, 0.25) is 0 Å². The second-order valence-corrected chi connectivity index (χ2v) is 7.75. The fraction of sp³-hybridized carbons (Fsp3) is 0.259. The van der Waals surface area contributed by atoms with Gasteiger partial charge in [0.05, 0.1) is 19.3 Å². The number of benzene rings is 3. The number of halogens is 2. The highest BCUT2D eigenvalue weighted by atomic mass is 19.2. The Hall–Kier alpha value is -2.98. The lowest BCUT2D eigenvalue weighted by Crippen LogP contribution is -2.22. The van der Waals surface area contributed by atoms with Crippen LogP contribution in [0.1, 0.15) is 31.2 Å².